The van der Waals surface area contributed by atoms with Crippen LogP contribution in [0.1, 0.15) is 23.0 Å². The average molecular weight is 327 g/mol. The molecule has 1 heterocycles. The quantitative estimate of drug-likeness (QED) is 0.843. The summed E-state index contributed by atoms with van der Waals surface area (Å²) in [7, 11) is 1.55. The number of hydrogen-bond donors (Lipinski definition) is 1. The van der Waals surface area contributed by atoms with Crippen LogP contribution < -0.4 is 10.1 Å². The minimum absolute atomic E-state index is 0.0590. The molecule has 6 nitrogen and oxygen atoms in total. The fourth-order valence-electron chi connectivity index (χ4n) is 2.21. The molecule has 6 heteroatoms. The van der Waals surface area contributed by atoms with E-state index in [-0.39, 0.29) is 11.8 Å². The molecule has 0 spiro atoms. The van der Waals surface area contributed by atoms with Crippen LogP contribution >= 0.6 is 0 Å². The van der Waals surface area contributed by atoms with Crippen molar-refractivity contribution in [3.63, 3.8) is 0 Å². The van der Waals surface area contributed by atoms with Crippen molar-refractivity contribution >= 4 is 11.8 Å². The first-order valence-corrected chi connectivity index (χ1v) is 7.68. The summed E-state index contributed by atoms with van der Waals surface area (Å²) in [4.78, 5) is 29.7. The second kappa shape index (κ2) is 8.67. The third-order valence-electron chi connectivity index (χ3n) is 3.52. The summed E-state index contributed by atoms with van der Waals surface area (Å²) in [5.41, 5.74) is 1.33. The van der Waals surface area contributed by atoms with Crippen molar-refractivity contribution in [1.29, 1.82) is 0 Å². The van der Waals surface area contributed by atoms with E-state index in [0.29, 0.717) is 30.9 Å². The van der Waals surface area contributed by atoms with Gasteiger partial charge in [0.2, 0.25) is 5.91 Å². The van der Waals surface area contributed by atoms with Gasteiger partial charge in [-0.05, 0) is 30.3 Å². The number of ether oxygens (including phenoxy) is 1. The van der Waals surface area contributed by atoms with Gasteiger partial charge in [-0.2, -0.15) is 0 Å². The van der Waals surface area contributed by atoms with E-state index in [1.165, 1.54) is 6.92 Å². The maximum Gasteiger partial charge on any atom is 0.251 e. The molecule has 0 atom stereocenters. The van der Waals surface area contributed by atoms with Crippen molar-refractivity contribution in [2.75, 3.05) is 20.2 Å². The number of rotatable bonds is 7. The van der Waals surface area contributed by atoms with E-state index >= 15 is 0 Å². The highest BCUT2D eigenvalue weighted by Crippen LogP contribution is 2.12. The molecular weight excluding hydrogens is 306 g/mol. The first-order chi connectivity index (χ1) is 11.6. The highest BCUT2D eigenvalue weighted by Gasteiger charge is 2.11. The van der Waals surface area contributed by atoms with Crippen molar-refractivity contribution in [2.45, 2.75) is 13.5 Å². The van der Waals surface area contributed by atoms with Gasteiger partial charge in [0.1, 0.15) is 5.75 Å². The molecule has 2 aromatic rings. The molecule has 1 aromatic carbocycles. The number of aromatic nitrogens is 1. The Kier molecular flexibility index (Phi) is 6.31. The lowest BCUT2D eigenvalue weighted by atomic mass is 10.2. The molecule has 126 valence electrons. The lowest BCUT2D eigenvalue weighted by Gasteiger charge is -2.20. The molecule has 2 rings (SSSR count). The van der Waals surface area contributed by atoms with Crippen LogP contribution in [0.15, 0.2) is 48.7 Å². The van der Waals surface area contributed by atoms with Crippen LogP contribution in [-0.4, -0.2) is 41.9 Å². The normalized spacial score (nSPS) is 10.1. The number of hydrogen-bond acceptors (Lipinski definition) is 4. The third-order valence-corrected chi connectivity index (χ3v) is 3.52. The molecule has 0 saturated heterocycles. The summed E-state index contributed by atoms with van der Waals surface area (Å²) in [6.45, 7) is 2.71. The Hall–Kier alpha value is -2.89. The van der Waals surface area contributed by atoms with Crippen molar-refractivity contribution in [1.82, 2.24) is 15.2 Å². The predicted octanol–water partition coefficient (Wildman–Crippen LogP) is 1.87. The molecule has 1 aromatic heterocycles. The number of carbonyl (C=O) groups is 2. The topological polar surface area (TPSA) is 71.5 Å². The Morgan fingerprint density at radius 3 is 2.71 bits per heavy atom. The molecular formula is C18H21N3O3. The zero-order chi connectivity index (χ0) is 17.4. The van der Waals surface area contributed by atoms with Gasteiger partial charge in [-0.25, -0.2) is 0 Å². The first kappa shape index (κ1) is 17.5. The Morgan fingerprint density at radius 1 is 1.21 bits per heavy atom. The van der Waals surface area contributed by atoms with Gasteiger partial charge < -0.3 is 15.0 Å². The zero-order valence-electron chi connectivity index (χ0n) is 13.9. The van der Waals surface area contributed by atoms with Crippen molar-refractivity contribution in [3.8, 4) is 5.75 Å². The molecule has 2 amide bonds. The lowest BCUT2D eigenvalue weighted by molar-refractivity contribution is -0.129. The third kappa shape index (κ3) is 5.08. The van der Waals surface area contributed by atoms with Crippen LogP contribution in [-0.2, 0) is 11.3 Å². The number of benzene rings is 1. The molecule has 0 aliphatic carbocycles. The molecule has 0 aliphatic heterocycles. The highest BCUT2D eigenvalue weighted by atomic mass is 16.5. The largest absolute Gasteiger partial charge is 0.497 e. The van der Waals surface area contributed by atoms with E-state index in [1.54, 1.807) is 42.5 Å². The van der Waals surface area contributed by atoms with Gasteiger partial charge in [-0.1, -0.05) is 12.1 Å². The minimum atomic E-state index is -0.199. The summed E-state index contributed by atoms with van der Waals surface area (Å²) in [5.74, 6) is 0.370. The van der Waals surface area contributed by atoms with E-state index in [0.717, 1.165) is 5.69 Å². The Bertz CT molecular complexity index is 689. The van der Waals surface area contributed by atoms with E-state index in [1.807, 2.05) is 18.2 Å². The van der Waals surface area contributed by atoms with Gasteiger partial charge in [0.15, 0.2) is 0 Å². The second-order valence-corrected chi connectivity index (χ2v) is 5.25. The van der Waals surface area contributed by atoms with Crippen molar-refractivity contribution in [2.24, 2.45) is 0 Å². The maximum absolute atomic E-state index is 12.1. The summed E-state index contributed by atoms with van der Waals surface area (Å²) < 4.78 is 5.11. The maximum atomic E-state index is 12.1. The van der Waals surface area contributed by atoms with Crippen LogP contribution in [0.25, 0.3) is 0 Å². The van der Waals surface area contributed by atoms with E-state index in [9.17, 15) is 9.59 Å². The Labute approximate surface area is 141 Å². The number of nitrogens with one attached hydrogen (secondary N) is 1. The molecule has 0 fully saturated rings. The van der Waals surface area contributed by atoms with Crippen molar-refractivity contribution < 1.29 is 14.3 Å². The predicted molar refractivity (Wildman–Crippen MR) is 90.7 cm³/mol. The number of methoxy groups -OCH3 is 1. The summed E-state index contributed by atoms with van der Waals surface area (Å²) in [5, 5.41) is 2.81. The van der Waals surface area contributed by atoms with E-state index < -0.39 is 0 Å². The molecule has 0 radical (unpaired) electrons. The highest BCUT2D eigenvalue weighted by molar-refractivity contribution is 5.94. The van der Waals surface area contributed by atoms with Gasteiger partial charge in [0.05, 0.1) is 19.3 Å². The summed E-state index contributed by atoms with van der Waals surface area (Å²) >= 11 is 0. The van der Waals surface area contributed by atoms with Gasteiger partial charge in [0, 0.05) is 31.8 Å². The van der Waals surface area contributed by atoms with Gasteiger partial charge in [-0.15, -0.1) is 0 Å². The van der Waals surface area contributed by atoms with E-state index in [4.69, 9.17) is 4.74 Å². The Balaban J connectivity index is 1.88. The average Bonchev–Trinajstić information content (AvgIpc) is 2.61. The fraction of sp³-hybridized carbons (Fsp3) is 0.278. The standard InChI is InChI=1S/C18H21N3O3/c1-14(22)21(13-16-7-3-4-9-19-16)11-10-20-18(23)15-6-5-8-17(12-15)24-2/h3-9,12H,10-11,13H2,1-2H3,(H,20,23). The van der Waals surface area contributed by atoms with Gasteiger partial charge >= 0.3 is 0 Å². The molecule has 0 aliphatic rings. The van der Waals surface area contributed by atoms with Crippen LogP contribution in [0.4, 0.5) is 0 Å². The lowest BCUT2D eigenvalue weighted by Crippen LogP contribution is -2.37. The SMILES string of the molecule is COc1cccc(C(=O)NCCN(Cc2ccccn2)C(C)=O)c1. The fourth-order valence-corrected chi connectivity index (χ4v) is 2.21. The molecule has 24 heavy (non-hydrogen) atoms. The van der Waals surface area contributed by atoms with Crippen LogP contribution in [0, 0.1) is 0 Å². The molecule has 0 saturated carbocycles. The summed E-state index contributed by atoms with van der Waals surface area (Å²) in [6.07, 6.45) is 1.69. The van der Waals surface area contributed by atoms with Gasteiger partial charge in [-0.3, -0.25) is 14.6 Å². The van der Waals surface area contributed by atoms with Gasteiger partial charge in [0.25, 0.3) is 5.91 Å². The number of carbonyl (C=O) groups excluding carboxylic acids is 2. The molecule has 1 N–H and O–H groups in total. The number of amides is 2. The van der Waals surface area contributed by atoms with E-state index in [2.05, 4.69) is 10.3 Å². The van der Waals surface area contributed by atoms with Crippen LogP contribution in [0.2, 0.25) is 0 Å². The number of nitrogens with zero attached hydrogens (tertiary/aromatic N) is 2. The molecule has 0 unspecified atom stereocenters. The smallest absolute Gasteiger partial charge is 0.251 e. The zero-order valence-corrected chi connectivity index (χ0v) is 13.9. The molecule has 0 bridgehead atoms. The van der Waals surface area contributed by atoms with Crippen LogP contribution in [0.3, 0.4) is 0 Å². The Morgan fingerprint density at radius 2 is 2.04 bits per heavy atom. The van der Waals surface area contributed by atoms with Crippen LogP contribution in [0.5, 0.6) is 5.75 Å². The van der Waals surface area contributed by atoms with Crippen molar-refractivity contribution in [3.05, 3.63) is 59.9 Å². The monoisotopic (exact) mass is 327 g/mol. The first-order valence-electron chi connectivity index (χ1n) is 7.68. The minimum Gasteiger partial charge on any atom is -0.497 e. The second-order valence-electron chi connectivity index (χ2n) is 5.25. The summed E-state index contributed by atoms with van der Waals surface area (Å²) in [6, 6.07) is 12.5. The number of pyridine rings is 1.